The lowest BCUT2D eigenvalue weighted by Crippen LogP contribution is -2.47. The van der Waals surface area contributed by atoms with Gasteiger partial charge in [0.05, 0.1) is 6.54 Å². The van der Waals surface area contributed by atoms with E-state index in [-0.39, 0.29) is 11.3 Å². The SMILES string of the molecule is CN1CC2(CCCC2)Oc2cc(C(=O)O)[nH]c21. The number of hydrogen-bond acceptors (Lipinski definition) is 3. The molecule has 0 unspecified atom stereocenters. The predicted molar refractivity (Wildman–Crippen MR) is 62.8 cm³/mol. The summed E-state index contributed by atoms with van der Waals surface area (Å²) in [6, 6.07) is 1.59. The van der Waals surface area contributed by atoms with E-state index in [9.17, 15) is 4.79 Å². The molecule has 5 heteroatoms. The molecular weight excluding hydrogens is 220 g/mol. The highest BCUT2D eigenvalue weighted by Crippen LogP contribution is 2.43. The number of hydrogen-bond donors (Lipinski definition) is 2. The molecule has 0 atom stereocenters. The number of anilines is 1. The van der Waals surface area contributed by atoms with Gasteiger partial charge in [-0.05, 0) is 25.7 Å². The Bertz CT molecular complexity index is 460. The van der Waals surface area contributed by atoms with Crippen LogP contribution in [0.5, 0.6) is 5.75 Å². The third-order valence-electron chi connectivity index (χ3n) is 3.74. The number of fused-ring (bicyclic) bond motifs is 1. The lowest BCUT2D eigenvalue weighted by atomic mass is 10.00. The van der Waals surface area contributed by atoms with E-state index in [0.717, 1.165) is 25.2 Å². The van der Waals surface area contributed by atoms with Crippen molar-refractivity contribution in [1.29, 1.82) is 0 Å². The molecule has 1 aromatic rings. The fourth-order valence-electron chi connectivity index (χ4n) is 2.96. The van der Waals surface area contributed by atoms with E-state index in [1.807, 2.05) is 7.05 Å². The van der Waals surface area contributed by atoms with Crippen molar-refractivity contribution in [2.45, 2.75) is 31.3 Å². The van der Waals surface area contributed by atoms with Gasteiger partial charge in [-0.25, -0.2) is 4.79 Å². The second-order valence-electron chi connectivity index (χ2n) is 5.05. The van der Waals surface area contributed by atoms with Crippen LogP contribution in [0.2, 0.25) is 0 Å². The fourth-order valence-corrected chi connectivity index (χ4v) is 2.96. The maximum atomic E-state index is 10.9. The van der Waals surface area contributed by atoms with Crippen LogP contribution < -0.4 is 9.64 Å². The number of nitrogens with one attached hydrogen (secondary N) is 1. The van der Waals surface area contributed by atoms with E-state index in [4.69, 9.17) is 9.84 Å². The van der Waals surface area contributed by atoms with Crippen molar-refractivity contribution in [3.8, 4) is 5.75 Å². The summed E-state index contributed by atoms with van der Waals surface area (Å²) >= 11 is 0. The van der Waals surface area contributed by atoms with Crippen molar-refractivity contribution in [2.24, 2.45) is 0 Å². The van der Waals surface area contributed by atoms with Crippen LogP contribution in [-0.2, 0) is 0 Å². The van der Waals surface area contributed by atoms with Gasteiger partial charge >= 0.3 is 5.97 Å². The van der Waals surface area contributed by atoms with Gasteiger partial charge < -0.3 is 19.7 Å². The summed E-state index contributed by atoms with van der Waals surface area (Å²) in [5.74, 6) is 0.509. The summed E-state index contributed by atoms with van der Waals surface area (Å²) in [6.07, 6.45) is 4.51. The first-order valence-electron chi connectivity index (χ1n) is 5.96. The normalized spacial score (nSPS) is 21.4. The summed E-state index contributed by atoms with van der Waals surface area (Å²) in [5, 5.41) is 8.97. The smallest absolute Gasteiger partial charge is 0.352 e. The number of rotatable bonds is 1. The van der Waals surface area contributed by atoms with Gasteiger partial charge in [-0.3, -0.25) is 0 Å². The van der Waals surface area contributed by atoms with Crippen LogP contribution in [0.25, 0.3) is 0 Å². The molecule has 0 aromatic carbocycles. The molecule has 5 nitrogen and oxygen atoms in total. The molecule has 1 aliphatic carbocycles. The number of aromatic carboxylic acids is 1. The Balaban J connectivity index is 1.97. The maximum Gasteiger partial charge on any atom is 0.352 e. The molecule has 2 aliphatic rings. The zero-order valence-electron chi connectivity index (χ0n) is 9.82. The van der Waals surface area contributed by atoms with Crippen molar-refractivity contribution in [2.75, 3.05) is 18.5 Å². The predicted octanol–water partition coefficient (Wildman–Crippen LogP) is 1.85. The maximum absolute atomic E-state index is 10.9. The fraction of sp³-hybridized carbons (Fsp3) is 0.583. The summed E-state index contributed by atoms with van der Waals surface area (Å²) in [6.45, 7) is 0.833. The van der Waals surface area contributed by atoms with E-state index in [0.29, 0.717) is 5.75 Å². The Hall–Kier alpha value is -1.65. The van der Waals surface area contributed by atoms with Crippen LogP contribution in [0, 0.1) is 0 Å². The molecule has 1 aliphatic heterocycles. The Kier molecular flexibility index (Phi) is 2.11. The van der Waals surface area contributed by atoms with Gasteiger partial charge in [-0.1, -0.05) is 0 Å². The molecule has 1 aromatic heterocycles. The first kappa shape index (κ1) is 10.5. The molecular formula is C12H16N2O3. The third kappa shape index (κ3) is 1.57. The first-order chi connectivity index (χ1) is 8.10. The van der Waals surface area contributed by atoms with E-state index in [2.05, 4.69) is 9.88 Å². The zero-order chi connectivity index (χ0) is 12.0. The molecule has 0 bridgehead atoms. The average Bonchev–Trinajstić information content (AvgIpc) is 2.85. The number of aromatic amines is 1. The minimum atomic E-state index is -0.947. The number of aromatic nitrogens is 1. The van der Waals surface area contributed by atoms with Crippen molar-refractivity contribution in [3.63, 3.8) is 0 Å². The number of ether oxygens (including phenoxy) is 1. The highest BCUT2D eigenvalue weighted by molar-refractivity contribution is 5.88. The van der Waals surface area contributed by atoms with Gasteiger partial charge in [0.15, 0.2) is 5.75 Å². The molecule has 17 heavy (non-hydrogen) atoms. The topological polar surface area (TPSA) is 65.6 Å². The van der Waals surface area contributed by atoms with Crippen LogP contribution in [0.15, 0.2) is 6.07 Å². The second kappa shape index (κ2) is 3.42. The van der Waals surface area contributed by atoms with Crippen molar-refractivity contribution < 1.29 is 14.6 Å². The van der Waals surface area contributed by atoms with Gasteiger partial charge in [0.25, 0.3) is 0 Å². The Morgan fingerprint density at radius 3 is 2.88 bits per heavy atom. The minimum absolute atomic E-state index is 0.0975. The number of carboxylic acids is 1. The number of carbonyl (C=O) groups is 1. The summed E-state index contributed by atoms with van der Waals surface area (Å²) in [4.78, 5) is 15.9. The number of H-pyrrole nitrogens is 1. The van der Waals surface area contributed by atoms with Crippen LogP contribution in [0.3, 0.4) is 0 Å². The Morgan fingerprint density at radius 1 is 1.53 bits per heavy atom. The molecule has 1 saturated carbocycles. The monoisotopic (exact) mass is 236 g/mol. The molecule has 0 radical (unpaired) electrons. The molecule has 0 saturated heterocycles. The van der Waals surface area contributed by atoms with Gasteiger partial charge in [-0.2, -0.15) is 0 Å². The largest absolute Gasteiger partial charge is 0.482 e. The molecule has 2 heterocycles. The number of nitrogens with zero attached hydrogens (tertiary/aromatic N) is 1. The second-order valence-corrected chi connectivity index (χ2v) is 5.05. The van der Waals surface area contributed by atoms with E-state index in [1.165, 1.54) is 12.8 Å². The lowest BCUT2D eigenvalue weighted by Gasteiger charge is -2.39. The van der Waals surface area contributed by atoms with Crippen molar-refractivity contribution in [3.05, 3.63) is 11.8 Å². The molecule has 1 fully saturated rings. The summed E-state index contributed by atoms with van der Waals surface area (Å²) < 4.78 is 6.05. The van der Waals surface area contributed by atoms with Gasteiger partial charge in [0.2, 0.25) is 0 Å². The van der Waals surface area contributed by atoms with Crippen LogP contribution in [0.1, 0.15) is 36.2 Å². The van der Waals surface area contributed by atoms with Crippen LogP contribution in [0.4, 0.5) is 5.82 Å². The Labute approximate surface area is 99.4 Å². The van der Waals surface area contributed by atoms with Crippen LogP contribution in [-0.4, -0.2) is 35.3 Å². The highest BCUT2D eigenvalue weighted by atomic mass is 16.5. The molecule has 92 valence electrons. The highest BCUT2D eigenvalue weighted by Gasteiger charge is 2.42. The van der Waals surface area contributed by atoms with E-state index < -0.39 is 5.97 Å². The van der Waals surface area contributed by atoms with E-state index in [1.54, 1.807) is 6.07 Å². The summed E-state index contributed by atoms with van der Waals surface area (Å²) in [5.41, 5.74) is 0.0941. The third-order valence-corrected chi connectivity index (χ3v) is 3.74. The van der Waals surface area contributed by atoms with Gasteiger partial charge in [-0.15, -0.1) is 0 Å². The lowest BCUT2D eigenvalue weighted by molar-refractivity contribution is 0.0687. The minimum Gasteiger partial charge on any atom is -0.482 e. The van der Waals surface area contributed by atoms with Crippen molar-refractivity contribution >= 4 is 11.8 Å². The molecule has 1 spiro atoms. The zero-order valence-corrected chi connectivity index (χ0v) is 9.82. The average molecular weight is 236 g/mol. The van der Waals surface area contributed by atoms with Gasteiger partial charge in [0, 0.05) is 13.1 Å². The van der Waals surface area contributed by atoms with Crippen molar-refractivity contribution in [1.82, 2.24) is 4.98 Å². The number of carboxylic acid groups (broad SMARTS) is 1. The molecule has 2 N–H and O–H groups in total. The number of likely N-dealkylation sites (N-methyl/N-ethyl adjacent to an activating group) is 1. The Morgan fingerprint density at radius 2 is 2.24 bits per heavy atom. The van der Waals surface area contributed by atoms with Gasteiger partial charge in [0.1, 0.15) is 17.1 Å². The molecule has 0 amide bonds. The quantitative estimate of drug-likeness (QED) is 0.781. The van der Waals surface area contributed by atoms with Crippen LogP contribution >= 0.6 is 0 Å². The van der Waals surface area contributed by atoms with E-state index >= 15 is 0 Å². The summed E-state index contributed by atoms with van der Waals surface area (Å²) in [7, 11) is 1.98. The first-order valence-corrected chi connectivity index (χ1v) is 5.96. The standard InChI is InChI=1S/C12H16N2O3/c1-14-7-12(4-2-3-5-12)17-9-6-8(11(15)16)13-10(9)14/h6,13H,2-5,7H2,1H3,(H,15,16). The molecule has 3 rings (SSSR count).